The zero-order valence-corrected chi connectivity index (χ0v) is 22.7. The minimum atomic E-state index is -0.159. The lowest BCUT2D eigenvalue weighted by molar-refractivity contribution is -0.0100. The van der Waals surface area contributed by atoms with Crippen molar-refractivity contribution in [2.75, 3.05) is 44.9 Å². The number of fused-ring (bicyclic) bond motifs is 1. The number of rotatable bonds is 8. The number of nitrogens with two attached hydrogens (primary N) is 1. The Hall–Kier alpha value is -2.43. The van der Waals surface area contributed by atoms with E-state index in [1.807, 2.05) is 22.8 Å². The van der Waals surface area contributed by atoms with Crippen molar-refractivity contribution in [2.24, 2.45) is 5.14 Å². The summed E-state index contributed by atoms with van der Waals surface area (Å²) in [6.07, 6.45) is 2.47. The number of anilines is 1. The lowest BCUT2D eigenvalue weighted by Gasteiger charge is -2.34. The van der Waals surface area contributed by atoms with Gasteiger partial charge in [0.2, 0.25) is 0 Å². The summed E-state index contributed by atoms with van der Waals surface area (Å²) in [6.45, 7) is 8.21. The van der Waals surface area contributed by atoms with Gasteiger partial charge >= 0.3 is 0 Å². The fourth-order valence-electron chi connectivity index (χ4n) is 5.55. The van der Waals surface area contributed by atoms with Gasteiger partial charge < -0.3 is 19.1 Å². The van der Waals surface area contributed by atoms with Crippen LogP contribution in [0.15, 0.2) is 40.0 Å². The van der Waals surface area contributed by atoms with E-state index in [-0.39, 0.29) is 17.8 Å². The molecule has 2 aliphatic heterocycles. The minimum absolute atomic E-state index is 0.00859. The summed E-state index contributed by atoms with van der Waals surface area (Å²) in [5, 5.41) is 6.41. The quantitative estimate of drug-likeness (QED) is 0.444. The summed E-state index contributed by atoms with van der Waals surface area (Å²) < 4.78 is 19.0. The third-order valence-corrected chi connectivity index (χ3v) is 7.94. The molecule has 3 aromatic rings. The lowest BCUT2D eigenvalue weighted by atomic mass is 10.00. The van der Waals surface area contributed by atoms with Crippen molar-refractivity contribution in [1.82, 2.24) is 9.55 Å². The van der Waals surface area contributed by atoms with E-state index in [9.17, 15) is 4.79 Å². The Kier molecular flexibility index (Phi) is 8.16. The summed E-state index contributed by atoms with van der Waals surface area (Å²) in [7, 11) is 1.69. The number of morpholine rings is 1. The predicted molar refractivity (Wildman–Crippen MR) is 147 cm³/mol. The molecule has 0 amide bonds. The molecule has 1 aromatic heterocycles. The van der Waals surface area contributed by atoms with Crippen LogP contribution in [0.25, 0.3) is 10.9 Å². The number of methoxy groups -OCH3 is 1. The first-order valence-corrected chi connectivity index (χ1v) is 13.8. The molecule has 0 radical (unpaired) electrons. The van der Waals surface area contributed by atoms with E-state index in [2.05, 4.69) is 30.9 Å². The van der Waals surface area contributed by atoms with Crippen LogP contribution in [0.2, 0.25) is 0 Å². The maximum absolute atomic E-state index is 13.8. The Bertz CT molecular complexity index is 1300. The number of benzene rings is 2. The molecule has 198 valence electrons. The second-order valence-electron chi connectivity index (χ2n) is 9.93. The first kappa shape index (κ1) is 26.2. The molecule has 2 N–H and O–H groups in total. The van der Waals surface area contributed by atoms with E-state index in [1.54, 1.807) is 7.11 Å². The number of aromatic nitrogens is 2. The van der Waals surface area contributed by atoms with Crippen molar-refractivity contribution < 1.29 is 14.2 Å². The van der Waals surface area contributed by atoms with Gasteiger partial charge in [0.15, 0.2) is 0 Å². The zero-order valence-electron chi connectivity index (χ0n) is 21.9. The molecule has 5 rings (SSSR count). The molecule has 2 unspecified atom stereocenters. The number of aryl methyl sites for hydroxylation is 2. The van der Waals surface area contributed by atoms with Crippen molar-refractivity contribution in [3.63, 3.8) is 0 Å². The molecule has 0 bridgehead atoms. The molecule has 9 heteroatoms. The normalized spacial score (nSPS) is 20.2. The van der Waals surface area contributed by atoms with Crippen LogP contribution in [0, 0.1) is 13.8 Å². The maximum Gasteiger partial charge on any atom is 0.261 e. The third kappa shape index (κ3) is 5.56. The third-order valence-electron chi connectivity index (χ3n) is 7.43. The largest absolute Gasteiger partial charge is 0.382 e. The number of hydrogen-bond donors (Lipinski definition) is 1. The Balaban J connectivity index is 1.49. The number of nitrogens with zero attached hydrogens (tertiary/aromatic N) is 3. The molecule has 8 nitrogen and oxygen atoms in total. The summed E-state index contributed by atoms with van der Waals surface area (Å²) in [5.41, 5.74) is 5.38. The molecular weight excluding hydrogens is 488 g/mol. The summed E-state index contributed by atoms with van der Waals surface area (Å²) >= 11 is 1.26. The molecule has 0 aliphatic carbocycles. The molecule has 2 atom stereocenters. The molecule has 2 aromatic carbocycles. The molecular formula is C28H36N4O4S. The van der Waals surface area contributed by atoms with Gasteiger partial charge in [0, 0.05) is 43.9 Å². The first-order valence-electron chi connectivity index (χ1n) is 13.0. The summed E-state index contributed by atoms with van der Waals surface area (Å²) in [4.78, 5) is 22.2. The summed E-state index contributed by atoms with van der Waals surface area (Å²) in [5.74, 6) is 0.732. The molecule has 0 saturated carbocycles. The van der Waals surface area contributed by atoms with Crippen LogP contribution >= 0.6 is 11.9 Å². The van der Waals surface area contributed by atoms with Crippen molar-refractivity contribution >= 4 is 28.5 Å². The van der Waals surface area contributed by atoms with Crippen LogP contribution in [-0.2, 0) is 27.2 Å². The van der Waals surface area contributed by atoms with Crippen LogP contribution < -0.4 is 15.6 Å². The Morgan fingerprint density at radius 3 is 2.68 bits per heavy atom. The highest BCUT2D eigenvalue weighted by molar-refractivity contribution is 7.97. The van der Waals surface area contributed by atoms with Gasteiger partial charge in [0.05, 0.1) is 30.2 Å². The van der Waals surface area contributed by atoms with Gasteiger partial charge in [0.25, 0.3) is 5.56 Å². The van der Waals surface area contributed by atoms with Gasteiger partial charge in [-0.2, -0.15) is 0 Å². The monoisotopic (exact) mass is 524 g/mol. The topological polar surface area (TPSA) is 91.8 Å². The highest BCUT2D eigenvalue weighted by Crippen LogP contribution is 2.30. The Labute approximate surface area is 222 Å². The molecule has 3 heterocycles. The average Bonchev–Trinajstić information content (AvgIpc) is 3.44. The van der Waals surface area contributed by atoms with Crippen molar-refractivity contribution in [2.45, 2.75) is 56.8 Å². The van der Waals surface area contributed by atoms with Gasteiger partial charge in [-0.05, 0) is 92.1 Å². The standard InChI is InChI=1S/C28H36N4O4S/c1-18-13-22(37-29)14-19(2)23(18)8-9-32-27(26-5-4-11-36-26)30-25-15-20(6-7-24(25)28(32)33)31-10-12-35-21(16-31)17-34-3/h6-7,13-15,21,26H,4-5,8-12,16-17,29H2,1-3H3. The van der Waals surface area contributed by atoms with Gasteiger partial charge in [-0.3, -0.25) is 14.5 Å². The predicted octanol–water partition coefficient (Wildman–Crippen LogP) is 3.92. The Morgan fingerprint density at radius 2 is 1.97 bits per heavy atom. The zero-order chi connectivity index (χ0) is 25.9. The number of hydrogen-bond acceptors (Lipinski definition) is 8. The molecule has 0 spiro atoms. The van der Waals surface area contributed by atoms with E-state index in [0.29, 0.717) is 31.8 Å². The van der Waals surface area contributed by atoms with Gasteiger partial charge in [-0.25, -0.2) is 4.98 Å². The number of ether oxygens (including phenoxy) is 3. The van der Waals surface area contributed by atoms with E-state index < -0.39 is 0 Å². The van der Waals surface area contributed by atoms with Crippen LogP contribution in [0.5, 0.6) is 0 Å². The van der Waals surface area contributed by atoms with Crippen molar-refractivity contribution in [3.8, 4) is 0 Å². The highest BCUT2D eigenvalue weighted by atomic mass is 32.2. The molecule has 2 saturated heterocycles. The first-order chi connectivity index (χ1) is 18.0. The fourth-order valence-corrected chi connectivity index (χ4v) is 6.04. The van der Waals surface area contributed by atoms with Crippen LogP contribution in [-0.4, -0.2) is 55.7 Å². The smallest absolute Gasteiger partial charge is 0.261 e. The highest BCUT2D eigenvalue weighted by Gasteiger charge is 2.26. The van der Waals surface area contributed by atoms with Gasteiger partial charge in [-0.1, -0.05) is 0 Å². The fraction of sp³-hybridized carbons (Fsp3) is 0.500. The average molecular weight is 525 g/mol. The van der Waals surface area contributed by atoms with E-state index in [1.165, 1.54) is 28.6 Å². The second kappa shape index (κ2) is 11.5. The van der Waals surface area contributed by atoms with Crippen molar-refractivity contribution in [3.05, 3.63) is 63.2 Å². The second-order valence-corrected chi connectivity index (χ2v) is 10.6. The van der Waals surface area contributed by atoms with Crippen LogP contribution in [0.4, 0.5) is 5.69 Å². The lowest BCUT2D eigenvalue weighted by Crippen LogP contribution is -2.44. The molecule has 2 fully saturated rings. The minimum Gasteiger partial charge on any atom is -0.382 e. The van der Waals surface area contributed by atoms with Crippen molar-refractivity contribution in [1.29, 1.82) is 0 Å². The van der Waals surface area contributed by atoms with E-state index >= 15 is 0 Å². The van der Waals surface area contributed by atoms with Gasteiger partial charge in [0.1, 0.15) is 11.9 Å². The van der Waals surface area contributed by atoms with E-state index in [4.69, 9.17) is 24.3 Å². The molecule has 37 heavy (non-hydrogen) atoms. The van der Waals surface area contributed by atoms with Gasteiger partial charge in [-0.15, -0.1) is 0 Å². The summed E-state index contributed by atoms with van der Waals surface area (Å²) in [6, 6.07) is 10.2. The maximum atomic E-state index is 13.8. The molecule has 2 aliphatic rings. The van der Waals surface area contributed by atoms with Crippen LogP contribution in [0.1, 0.15) is 41.5 Å². The Morgan fingerprint density at radius 1 is 1.16 bits per heavy atom. The van der Waals surface area contributed by atoms with Crippen LogP contribution in [0.3, 0.4) is 0 Å². The SMILES string of the molecule is COCC1CN(c2ccc3c(=O)n(CCc4c(C)cc(SN)cc4C)c(C4CCCO4)nc3c2)CCO1. The van der Waals surface area contributed by atoms with E-state index in [0.717, 1.165) is 54.3 Å².